The van der Waals surface area contributed by atoms with Crippen LogP contribution in [0.4, 0.5) is 0 Å². The first kappa shape index (κ1) is 12.2. The third-order valence-electron chi connectivity index (χ3n) is 2.57. The van der Waals surface area contributed by atoms with E-state index in [0.29, 0.717) is 6.04 Å². The SMILES string of the molecule is CCn1cc(CC(CCOC)NC)cn1. The normalized spacial score (nSPS) is 13.0. The van der Waals surface area contributed by atoms with Gasteiger partial charge in [0, 0.05) is 32.5 Å². The van der Waals surface area contributed by atoms with Crippen molar-refractivity contribution in [3.05, 3.63) is 18.0 Å². The lowest BCUT2D eigenvalue weighted by Gasteiger charge is -2.14. The highest BCUT2D eigenvalue weighted by atomic mass is 16.5. The summed E-state index contributed by atoms with van der Waals surface area (Å²) in [6.07, 6.45) is 6.10. The lowest BCUT2D eigenvalue weighted by Crippen LogP contribution is -2.28. The van der Waals surface area contributed by atoms with Crippen molar-refractivity contribution in [2.24, 2.45) is 0 Å². The molecule has 1 aromatic rings. The Morgan fingerprint density at radius 3 is 2.93 bits per heavy atom. The van der Waals surface area contributed by atoms with E-state index in [1.54, 1.807) is 7.11 Å². The molecule has 1 unspecified atom stereocenters. The monoisotopic (exact) mass is 211 g/mol. The number of methoxy groups -OCH3 is 1. The zero-order chi connectivity index (χ0) is 11.1. The lowest BCUT2D eigenvalue weighted by atomic mass is 10.1. The topological polar surface area (TPSA) is 39.1 Å². The molecule has 1 atom stereocenters. The quantitative estimate of drug-likeness (QED) is 0.733. The van der Waals surface area contributed by atoms with E-state index in [2.05, 4.69) is 23.5 Å². The van der Waals surface area contributed by atoms with Crippen molar-refractivity contribution in [3.63, 3.8) is 0 Å². The Kier molecular flexibility index (Phi) is 5.36. The van der Waals surface area contributed by atoms with Crippen molar-refractivity contribution < 1.29 is 4.74 Å². The Morgan fingerprint density at radius 2 is 2.40 bits per heavy atom. The lowest BCUT2D eigenvalue weighted by molar-refractivity contribution is 0.184. The van der Waals surface area contributed by atoms with Gasteiger partial charge in [-0.3, -0.25) is 4.68 Å². The molecule has 0 amide bonds. The summed E-state index contributed by atoms with van der Waals surface area (Å²) in [5.41, 5.74) is 1.28. The third kappa shape index (κ3) is 4.01. The Labute approximate surface area is 91.6 Å². The summed E-state index contributed by atoms with van der Waals surface area (Å²) in [4.78, 5) is 0. The summed E-state index contributed by atoms with van der Waals surface area (Å²) in [7, 11) is 3.73. The molecule has 4 nitrogen and oxygen atoms in total. The van der Waals surface area contributed by atoms with E-state index < -0.39 is 0 Å². The molecular weight excluding hydrogens is 190 g/mol. The smallest absolute Gasteiger partial charge is 0.0522 e. The molecule has 0 saturated heterocycles. The summed E-state index contributed by atoms with van der Waals surface area (Å²) >= 11 is 0. The summed E-state index contributed by atoms with van der Waals surface area (Å²) in [6, 6.07) is 0.472. The van der Waals surface area contributed by atoms with Gasteiger partial charge in [0.15, 0.2) is 0 Å². The Hall–Kier alpha value is -0.870. The van der Waals surface area contributed by atoms with E-state index in [0.717, 1.165) is 26.0 Å². The molecule has 1 N–H and O–H groups in total. The van der Waals surface area contributed by atoms with E-state index in [1.165, 1.54) is 5.56 Å². The average molecular weight is 211 g/mol. The first-order valence-electron chi connectivity index (χ1n) is 5.47. The highest BCUT2D eigenvalue weighted by molar-refractivity contribution is 5.06. The van der Waals surface area contributed by atoms with Crippen molar-refractivity contribution in [2.45, 2.75) is 32.4 Å². The predicted molar refractivity (Wildman–Crippen MR) is 60.9 cm³/mol. The molecule has 0 aliphatic carbocycles. The molecular formula is C11H21N3O. The van der Waals surface area contributed by atoms with Crippen LogP contribution in [0, 0.1) is 0 Å². The molecule has 0 aromatic carbocycles. The van der Waals surface area contributed by atoms with Crippen LogP contribution in [-0.2, 0) is 17.7 Å². The molecule has 1 aromatic heterocycles. The van der Waals surface area contributed by atoms with Gasteiger partial charge >= 0.3 is 0 Å². The maximum atomic E-state index is 5.08. The molecule has 86 valence electrons. The molecule has 0 bridgehead atoms. The van der Waals surface area contributed by atoms with Gasteiger partial charge in [-0.05, 0) is 32.4 Å². The number of likely N-dealkylation sites (N-methyl/N-ethyl adjacent to an activating group) is 1. The number of aromatic nitrogens is 2. The number of hydrogen-bond acceptors (Lipinski definition) is 3. The highest BCUT2D eigenvalue weighted by Crippen LogP contribution is 2.05. The number of aryl methyl sites for hydroxylation is 1. The molecule has 0 saturated carbocycles. The third-order valence-corrected chi connectivity index (χ3v) is 2.57. The summed E-state index contributed by atoms with van der Waals surface area (Å²) in [6.45, 7) is 3.83. The van der Waals surface area contributed by atoms with Crippen LogP contribution in [0.1, 0.15) is 18.9 Å². The molecule has 0 aliphatic rings. The fraction of sp³-hybridized carbons (Fsp3) is 0.727. The molecule has 0 aliphatic heterocycles. The summed E-state index contributed by atoms with van der Waals surface area (Å²) in [5.74, 6) is 0. The van der Waals surface area contributed by atoms with Crippen LogP contribution >= 0.6 is 0 Å². The molecule has 4 heteroatoms. The Bertz CT molecular complexity index is 273. The van der Waals surface area contributed by atoms with Crippen LogP contribution in [0.25, 0.3) is 0 Å². The van der Waals surface area contributed by atoms with Gasteiger partial charge in [-0.25, -0.2) is 0 Å². The van der Waals surface area contributed by atoms with E-state index >= 15 is 0 Å². The number of rotatable bonds is 7. The van der Waals surface area contributed by atoms with E-state index in [4.69, 9.17) is 4.74 Å². The molecule has 0 spiro atoms. The minimum absolute atomic E-state index is 0.472. The maximum absolute atomic E-state index is 5.08. The van der Waals surface area contributed by atoms with Crippen LogP contribution < -0.4 is 5.32 Å². The predicted octanol–water partition coefficient (Wildman–Crippen LogP) is 1.07. The van der Waals surface area contributed by atoms with Crippen LogP contribution in [0.15, 0.2) is 12.4 Å². The Morgan fingerprint density at radius 1 is 1.60 bits per heavy atom. The largest absolute Gasteiger partial charge is 0.385 e. The molecule has 0 fully saturated rings. The van der Waals surface area contributed by atoms with Crippen molar-refractivity contribution >= 4 is 0 Å². The van der Waals surface area contributed by atoms with Crippen molar-refractivity contribution in [1.29, 1.82) is 0 Å². The molecule has 0 radical (unpaired) electrons. The number of hydrogen-bond donors (Lipinski definition) is 1. The summed E-state index contributed by atoms with van der Waals surface area (Å²) in [5, 5.41) is 7.56. The second-order valence-corrected chi connectivity index (χ2v) is 3.68. The first-order chi connectivity index (χ1) is 7.30. The van der Waals surface area contributed by atoms with Gasteiger partial charge in [-0.1, -0.05) is 0 Å². The zero-order valence-corrected chi connectivity index (χ0v) is 9.86. The zero-order valence-electron chi connectivity index (χ0n) is 9.86. The summed E-state index contributed by atoms with van der Waals surface area (Å²) < 4.78 is 7.03. The van der Waals surface area contributed by atoms with Crippen LogP contribution in [0.5, 0.6) is 0 Å². The fourth-order valence-corrected chi connectivity index (χ4v) is 1.58. The van der Waals surface area contributed by atoms with Gasteiger partial charge in [0.2, 0.25) is 0 Å². The van der Waals surface area contributed by atoms with Crippen molar-refractivity contribution in [1.82, 2.24) is 15.1 Å². The average Bonchev–Trinajstić information content (AvgIpc) is 2.71. The fourth-order valence-electron chi connectivity index (χ4n) is 1.58. The maximum Gasteiger partial charge on any atom is 0.0522 e. The van der Waals surface area contributed by atoms with E-state index in [-0.39, 0.29) is 0 Å². The van der Waals surface area contributed by atoms with Gasteiger partial charge in [0.25, 0.3) is 0 Å². The van der Waals surface area contributed by atoms with Crippen molar-refractivity contribution in [3.8, 4) is 0 Å². The first-order valence-corrected chi connectivity index (χ1v) is 5.47. The van der Waals surface area contributed by atoms with Gasteiger partial charge in [0.1, 0.15) is 0 Å². The molecule has 1 rings (SSSR count). The van der Waals surface area contributed by atoms with Gasteiger partial charge in [0.05, 0.1) is 6.20 Å². The van der Waals surface area contributed by atoms with Crippen molar-refractivity contribution in [2.75, 3.05) is 20.8 Å². The molecule has 1 heterocycles. The molecule has 15 heavy (non-hydrogen) atoms. The highest BCUT2D eigenvalue weighted by Gasteiger charge is 2.08. The number of ether oxygens (including phenoxy) is 1. The number of nitrogens with one attached hydrogen (secondary N) is 1. The minimum atomic E-state index is 0.472. The van der Waals surface area contributed by atoms with E-state index in [9.17, 15) is 0 Å². The van der Waals surface area contributed by atoms with Gasteiger partial charge in [-0.15, -0.1) is 0 Å². The van der Waals surface area contributed by atoms with Gasteiger partial charge in [-0.2, -0.15) is 5.10 Å². The van der Waals surface area contributed by atoms with E-state index in [1.807, 2.05) is 17.9 Å². The standard InChI is InChI=1S/C11H21N3O/c1-4-14-9-10(8-13-14)7-11(12-2)5-6-15-3/h8-9,11-12H,4-7H2,1-3H3. The van der Waals surface area contributed by atoms with Crippen LogP contribution in [0.3, 0.4) is 0 Å². The van der Waals surface area contributed by atoms with Crippen LogP contribution in [-0.4, -0.2) is 36.6 Å². The van der Waals surface area contributed by atoms with Gasteiger partial charge < -0.3 is 10.1 Å². The second kappa shape index (κ2) is 6.58. The minimum Gasteiger partial charge on any atom is -0.385 e. The number of nitrogens with zero attached hydrogens (tertiary/aromatic N) is 2. The van der Waals surface area contributed by atoms with Crippen LogP contribution in [0.2, 0.25) is 0 Å². The second-order valence-electron chi connectivity index (χ2n) is 3.68. The Balaban J connectivity index is 2.43.